The van der Waals surface area contributed by atoms with Gasteiger partial charge in [0.2, 0.25) is 0 Å². The van der Waals surface area contributed by atoms with Crippen LogP contribution in [0.4, 0.5) is 4.39 Å². The van der Waals surface area contributed by atoms with Crippen LogP contribution in [0.25, 0.3) is 0 Å². The second kappa shape index (κ2) is 3.44. The zero-order chi connectivity index (χ0) is 11.1. The maximum Gasteiger partial charge on any atom is 0.126 e. The van der Waals surface area contributed by atoms with Crippen LogP contribution in [0.1, 0.15) is 37.3 Å². The van der Waals surface area contributed by atoms with Gasteiger partial charge in [0.15, 0.2) is 0 Å². The summed E-state index contributed by atoms with van der Waals surface area (Å²) in [5, 5.41) is 0. The largest absolute Gasteiger partial charge is 0.303 e. The Kier molecular flexibility index (Phi) is 2.37. The molecule has 1 aliphatic rings. The molecule has 0 fully saturated rings. The SMILES string of the molecule is CC(C)(C=O)C1CCc2ccc(F)cc21. The van der Waals surface area contributed by atoms with Gasteiger partial charge in [0.25, 0.3) is 0 Å². The predicted octanol–water partition coefficient (Wildman–Crippen LogP) is 3.08. The fourth-order valence-electron chi connectivity index (χ4n) is 2.43. The van der Waals surface area contributed by atoms with Crippen LogP contribution in [0.2, 0.25) is 0 Å². The van der Waals surface area contributed by atoms with E-state index in [1.807, 2.05) is 19.9 Å². The number of carbonyl (C=O) groups excluding carboxylic acids is 1. The van der Waals surface area contributed by atoms with E-state index < -0.39 is 0 Å². The standard InChI is InChI=1S/C13H15FO/c1-13(2,8-15)12-6-4-9-3-5-10(14)7-11(9)12/h3,5,7-8,12H,4,6H2,1-2H3. The lowest BCUT2D eigenvalue weighted by Crippen LogP contribution is -2.22. The van der Waals surface area contributed by atoms with E-state index in [2.05, 4.69) is 0 Å². The van der Waals surface area contributed by atoms with E-state index in [0.717, 1.165) is 24.7 Å². The molecule has 1 aromatic rings. The van der Waals surface area contributed by atoms with Gasteiger partial charge in [0.1, 0.15) is 12.1 Å². The number of fused-ring (bicyclic) bond motifs is 1. The lowest BCUT2D eigenvalue weighted by atomic mass is 9.77. The number of hydrogen-bond donors (Lipinski definition) is 0. The first kappa shape index (κ1) is 10.3. The van der Waals surface area contributed by atoms with Gasteiger partial charge >= 0.3 is 0 Å². The summed E-state index contributed by atoms with van der Waals surface area (Å²) < 4.78 is 13.1. The van der Waals surface area contributed by atoms with E-state index in [1.165, 1.54) is 11.6 Å². The van der Waals surface area contributed by atoms with Crippen molar-refractivity contribution in [3.63, 3.8) is 0 Å². The number of aldehydes is 1. The Morgan fingerprint density at radius 1 is 1.47 bits per heavy atom. The van der Waals surface area contributed by atoms with Crippen LogP contribution in [0.3, 0.4) is 0 Å². The number of rotatable bonds is 2. The van der Waals surface area contributed by atoms with E-state index in [0.29, 0.717) is 0 Å². The van der Waals surface area contributed by atoms with Gasteiger partial charge in [0, 0.05) is 5.41 Å². The number of aryl methyl sites for hydroxylation is 1. The van der Waals surface area contributed by atoms with Gasteiger partial charge < -0.3 is 4.79 Å². The first-order chi connectivity index (χ1) is 7.04. The molecule has 1 nitrogen and oxygen atoms in total. The van der Waals surface area contributed by atoms with Crippen molar-refractivity contribution in [2.75, 3.05) is 0 Å². The molecule has 1 atom stereocenters. The van der Waals surface area contributed by atoms with Crippen molar-refractivity contribution < 1.29 is 9.18 Å². The molecule has 0 radical (unpaired) electrons. The number of benzene rings is 1. The normalized spacial score (nSPS) is 20.1. The molecular formula is C13H15FO. The van der Waals surface area contributed by atoms with E-state index >= 15 is 0 Å². The number of carbonyl (C=O) groups is 1. The van der Waals surface area contributed by atoms with Crippen LogP contribution in [0.5, 0.6) is 0 Å². The molecule has 2 heteroatoms. The third-order valence-electron chi connectivity index (χ3n) is 3.39. The molecule has 0 saturated heterocycles. The van der Waals surface area contributed by atoms with Crippen molar-refractivity contribution in [1.82, 2.24) is 0 Å². The van der Waals surface area contributed by atoms with Gasteiger partial charge in [-0.15, -0.1) is 0 Å². The summed E-state index contributed by atoms with van der Waals surface area (Å²) in [6, 6.07) is 4.92. The minimum atomic E-state index is -0.390. The minimum Gasteiger partial charge on any atom is -0.303 e. The molecule has 0 aliphatic heterocycles. The minimum absolute atomic E-state index is 0.167. The van der Waals surface area contributed by atoms with Gasteiger partial charge in [0.05, 0.1) is 0 Å². The number of hydrogen-bond acceptors (Lipinski definition) is 1. The predicted molar refractivity (Wildman–Crippen MR) is 57.3 cm³/mol. The maximum absolute atomic E-state index is 13.1. The smallest absolute Gasteiger partial charge is 0.126 e. The van der Waals surface area contributed by atoms with E-state index in [1.54, 1.807) is 6.07 Å². The Morgan fingerprint density at radius 3 is 2.87 bits per heavy atom. The highest BCUT2D eigenvalue weighted by molar-refractivity contribution is 5.61. The molecule has 0 heterocycles. The van der Waals surface area contributed by atoms with Crippen LogP contribution >= 0.6 is 0 Å². The molecule has 0 amide bonds. The first-order valence-electron chi connectivity index (χ1n) is 5.29. The summed E-state index contributed by atoms with van der Waals surface area (Å²) in [5.74, 6) is -0.0388. The third kappa shape index (κ3) is 1.69. The second-order valence-electron chi connectivity index (χ2n) is 4.87. The molecule has 15 heavy (non-hydrogen) atoms. The molecule has 1 unspecified atom stereocenters. The zero-order valence-corrected chi connectivity index (χ0v) is 9.09. The maximum atomic E-state index is 13.1. The van der Waals surface area contributed by atoms with Gasteiger partial charge in [-0.05, 0) is 42.0 Å². The summed E-state index contributed by atoms with van der Waals surface area (Å²) >= 11 is 0. The highest BCUT2D eigenvalue weighted by atomic mass is 19.1. The van der Waals surface area contributed by atoms with Crippen LogP contribution in [0, 0.1) is 11.2 Å². The fraction of sp³-hybridized carbons (Fsp3) is 0.462. The lowest BCUT2D eigenvalue weighted by molar-refractivity contribution is -0.115. The summed E-state index contributed by atoms with van der Waals surface area (Å²) in [6.45, 7) is 3.84. The Bertz CT molecular complexity index is 396. The zero-order valence-electron chi connectivity index (χ0n) is 9.09. The van der Waals surface area contributed by atoms with Gasteiger partial charge in [-0.25, -0.2) is 4.39 Å². The third-order valence-corrected chi connectivity index (χ3v) is 3.39. The summed E-state index contributed by atoms with van der Waals surface area (Å²) in [6.07, 6.45) is 2.89. The Labute approximate surface area is 89.3 Å². The molecule has 0 aromatic heterocycles. The van der Waals surface area contributed by atoms with Crippen LogP contribution in [-0.2, 0) is 11.2 Å². The van der Waals surface area contributed by atoms with Crippen molar-refractivity contribution >= 4 is 6.29 Å². The molecule has 0 saturated carbocycles. The molecule has 0 bridgehead atoms. The topological polar surface area (TPSA) is 17.1 Å². The average Bonchev–Trinajstić information content (AvgIpc) is 2.61. The Hall–Kier alpha value is -1.18. The van der Waals surface area contributed by atoms with Crippen LogP contribution in [-0.4, -0.2) is 6.29 Å². The molecule has 2 rings (SSSR count). The molecule has 0 spiro atoms. The molecular weight excluding hydrogens is 191 g/mol. The Morgan fingerprint density at radius 2 is 2.20 bits per heavy atom. The van der Waals surface area contributed by atoms with Crippen molar-refractivity contribution in [2.45, 2.75) is 32.6 Å². The first-order valence-corrected chi connectivity index (χ1v) is 5.29. The van der Waals surface area contributed by atoms with E-state index in [9.17, 15) is 9.18 Å². The molecule has 0 N–H and O–H groups in total. The average molecular weight is 206 g/mol. The molecule has 1 aromatic carbocycles. The van der Waals surface area contributed by atoms with Crippen molar-refractivity contribution in [3.8, 4) is 0 Å². The Balaban J connectivity index is 2.43. The van der Waals surface area contributed by atoms with Gasteiger partial charge in [-0.3, -0.25) is 0 Å². The van der Waals surface area contributed by atoms with E-state index in [-0.39, 0.29) is 17.2 Å². The van der Waals surface area contributed by atoms with Crippen LogP contribution in [0.15, 0.2) is 18.2 Å². The summed E-state index contributed by atoms with van der Waals surface area (Å²) in [4.78, 5) is 11.0. The highest BCUT2D eigenvalue weighted by Crippen LogP contribution is 2.44. The highest BCUT2D eigenvalue weighted by Gasteiger charge is 2.35. The monoisotopic (exact) mass is 206 g/mol. The fourth-order valence-corrected chi connectivity index (χ4v) is 2.43. The van der Waals surface area contributed by atoms with Crippen LogP contribution < -0.4 is 0 Å². The second-order valence-corrected chi connectivity index (χ2v) is 4.87. The molecule has 80 valence electrons. The number of halogens is 1. The van der Waals surface area contributed by atoms with Crippen molar-refractivity contribution in [2.24, 2.45) is 5.41 Å². The lowest BCUT2D eigenvalue weighted by Gasteiger charge is -2.26. The van der Waals surface area contributed by atoms with E-state index in [4.69, 9.17) is 0 Å². The summed E-state index contributed by atoms with van der Waals surface area (Å²) in [7, 11) is 0. The quantitative estimate of drug-likeness (QED) is 0.679. The van der Waals surface area contributed by atoms with Crippen molar-refractivity contribution in [1.29, 1.82) is 0 Å². The summed E-state index contributed by atoms with van der Waals surface area (Å²) in [5.41, 5.74) is 1.82. The van der Waals surface area contributed by atoms with Gasteiger partial charge in [-0.2, -0.15) is 0 Å². The van der Waals surface area contributed by atoms with Gasteiger partial charge in [-0.1, -0.05) is 19.9 Å². The van der Waals surface area contributed by atoms with Crippen molar-refractivity contribution in [3.05, 3.63) is 35.1 Å². The molecule has 1 aliphatic carbocycles.